The highest BCUT2D eigenvalue weighted by Gasteiger charge is 2.25. The number of hydrogen-bond donors (Lipinski definition) is 0. The first-order chi connectivity index (χ1) is 31.7. The number of hydrogen-bond acceptors (Lipinski definition) is 4. The fourth-order valence-corrected chi connectivity index (χ4v) is 10.1. The number of aromatic nitrogens is 6. The molecule has 14 rings (SSSR count). The van der Waals surface area contributed by atoms with Gasteiger partial charge in [0, 0.05) is 59.9 Å². The van der Waals surface area contributed by atoms with Crippen LogP contribution in [0.15, 0.2) is 211 Å². The molecule has 0 N–H and O–H groups in total. The lowest BCUT2D eigenvalue weighted by molar-refractivity contribution is 0.669. The minimum atomic E-state index is 0.520. The fourth-order valence-electron chi connectivity index (χ4n) is 10.1. The van der Waals surface area contributed by atoms with Crippen LogP contribution in [-0.2, 0) is 0 Å². The molecular weight excluding hydrogens is 785 g/mol. The van der Waals surface area contributed by atoms with Crippen LogP contribution in [0.1, 0.15) is 0 Å². The Balaban J connectivity index is 1.13. The molecule has 0 saturated carbocycles. The molecule has 0 atom stereocenters. The molecule has 0 bridgehead atoms. The van der Waals surface area contributed by atoms with Crippen LogP contribution in [0.5, 0.6) is 0 Å². The Morgan fingerprint density at radius 1 is 0.312 bits per heavy atom. The molecule has 0 fully saturated rings. The van der Waals surface area contributed by atoms with E-state index in [1.54, 1.807) is 0 Å². The lowest BCUT2D eigenvalue weighted by Crippen LogP contribution is -2.08. The van der Waals surface area contributed by atoms with Crippen LogP contribution in [-0.4, -0.2) is 28.7 Å². The van der Waals surface area contributed by atoms with Crippen molar-refractivity contribution in [2.45, 2.75) is 0 Å². The predicted octanol–water partition coefficient (Wildman–Crippen LogP) is 14.4. The summed E-state index contributed by atoms with van der Waals surface area (Å²) < 4.78 is 13.5. The van der Waals surface area contributed by atoms with Gasteiger partial charge in [0.05, 0.1) is 38.8 Å². The van der Waals surface area contributed by atoms with E-state index in [1.165, 1.54) is 21.5 Å². The van der Waals surface area contributed by atoms with Gasteiger partial charge in [0.15, 0.2) is 11.6 Å². The molecule has 0 aliphatic heterocycles. The summed E-state index contributed by atoms with van der Waals surface area (Å²) >= 11 is 0. The largest absolute Gasteiger partial charge is 0.456 e. The molecule has 5 heterocycles. The second-order valence-electron chi connectivity index (χ2n) is 16.4. The Labute approximate surface area is 365 Å². The van der Waals surface area contributed by atoms with Gasteiger partial charge in [-0.05, 0) is 60.7 Å². The third kappa shape index (κ3) is 5.00. The topological polar surface area (TPSA) is 66.6 Å². The van der Waals surface area contributed by atoms with Crippen LogP contribution in [0.3, 0.4) is 0 Å². The highest BCUT2D eigenvalue weighted by Crippen LogP contribution is 2.43. The maximum Gasteiger partial charge on any atom is 0.238 e. The molecule has 5 aromatic heterocycles. The van der Waals surface area contributed by atoms with Gasteiger partial charge in [-0.2, -0.15) is 9.97 Å². The molecule has 0 radical (unpaired) electrons. The van der Waals surface area contributed by atoms with Crippen molar-refractivity contribution >= 4 is 87.4 Å². The van der Waals surface area contributed by atoms with Crippen molar-refractivity contribution < 1.29 is 4.42 Å². The monoisotopic (exact) mass is 818 g/mol. The molecule has 0 amide bonds. The van der Waals surface area contributed by atoms with E-state index in [9.17, 15) is 0 Å². The molecule has 7 nitrogen and oxygen atoms in total. The smallest absolute Gasteiger partial charge is 0.238 e. The molecule has 14 aromatic rings. The maximum atomic E-state index is 6.39. The Bertz CT molecular complexity index is 4100. The zero-order valence-electron chi connectivity index (χ0n) is 34.2. The van der Waals surface area contributed by atoms with Gasteiger partial charge in [-0.15, -0.1) is 0 Å². The number of fused-ring (bicyclic) bond motifs is 12. The van der Waals surface area contributed by atoms with E-state index in [-0.39, 0.29) is 0 Å². The van der Waals surface area contributed by atoms with Gasteiger partial charge >= 0.3 is 0 Å². The van der Waals surface area contributed by atoms with E-state index in [1.807, 2.05) is 36.4 Å². The quantitative estimate of drug-likeness (QED) is 0.173. The van der Waals surface area contributed by atoms with E-state index in [0.29, 0.717) is 17.6 Å². The third-order valence-electron chi connectivity index (χ3n) is 12.9. The van der Waals surface area contributed by atoms with Gasteiger partial charge in [-0.25, -0.2) is 4.98 Å². The number of nitrogens with zero attached hydrogens (tertiary/aromatic N) is 6. The molecular formula is C57H34N6O. The van der Waals surface area contributed by atoms with Crippen LogP contribution in [0, 0.1) is 0 Å². The van der Waals surface area contributed by atoms with E-state index in [0.717, 1.165) is 88.3 Å². The third-order valence-corrected chi connectivity index (χ3v) is 12.9. The van der Waals surface area contributed by atoms with Crippen LogP contribution >= 0.6 is 0 Å². The first-order valence-electron chi connectivity index (χ1n) is 21.5. The van der Waals surface area contributed by atoms with Gasteiger partial charge in [0.2, 0.25) is 5.95 Å². The predicted molar refractivity (Wildman–Crippen MR) is 261 cm³/mol. The lowest BCUT2D eigenvalue weighted by Gasteiger charge is -2.17. The number of benzene rings is 9. The first-order valence-corrected chi connectivity index (χ1v) is 21.5. The Hall–Kier alpha value is -8.81. The van der Waals surface area contributed by atoms with Crippen molar-refractivity contribution in [3.8, 4) is 40.1 Å². The summed E-state index contributed by atoms with van der Waals surface area (Å²) in [4.78, 5) is 16.0. The standard InChI is InChI=1S/C57H34N6O/c1-2-16-35(17-3-1)55-58-56(36-30-31-44-43-23-9-15-29-52(43)64-53(44)32-36)60-57(59-55)63-50-28-14-8-22-42(50)45-33-37(61-46-24-10-4-18-38(46)39-19-5-11-25-47(39)61)34-51(54(45)63)62-48-26-12-6-20-40(48)41-21-7-13-27-49(41)62/h1-34H. The first kappa shape index (κ1) is 34.9. The minimum Gasteiger partial charge on any atom is -0.456 e. The van der Waals surface area contributed by atoms with Crippen molar-refractivity contribution in [2.24, 2.45) is 0 Å². The van der Waals surface area contributed by atoms with Crippen LogP contribution in [0.2, 0.25) is 0 Å². The highest BCUT2D eigenvalue weighted by molar-refractivity contribution is 6.16. The van der Waals surface area contributed by atoms with Gasteiger partial charge in [0.1, 0.15) is 11.2 Å². The summed E-state index contributed by atoms with van der Waals surface area (Å²) in [5.74, 6) is 1.65. The molecule has 0 unspecified atom stereocenters. The SMILES string of the molecule is c1ccc(-c2nc(-c3ccc4c(c3)oc3ccccc34)nc(-n3c4ccccc4c4cc(-n5c6ccccc6c6ccccc65)cc(-n5c6ccccc6c6ccccc65)c43)n2)cc1. The maximum absolute atomic E-state index is 6.39. The Kier molecular flexibility index (Phi) is 7.27. The summed E-state index contributed by atoms with van der Waals surface area (Å²) in [6, 6.07) is 72.7. The highest BCUT2D eigenvalue weighted by atomic mass is 16.3. The Morgan fingerprint density at radius 3 is 1.39 bits per heavy atom. The number of rotatable bonds is 5. The normalized spacial score (nSPS) is 12.1. The van der Waals surface area contributed by atoms with Gasteiger partial charge in [0.25, 0.3) is 0 Å². The molecule has 0 aliphatic carbocycles. The van der Waals surface area contributed by atoms with E-state index >= 15 is 0 Å². The van der Waals surface area contributed by atoms with Crippen molar-refractivity contribution in [3.05, 3.63) is 206 Å². The van der Waals surface area contributed by atoms with Crippen LogP contribution < -0.4 is 0 Å². The summed E-state index contributed by atoms with van der Waals surface area (Å²) in [5.41, 5.74) is 11.9. The van der Waals surface area contributed by atoms with E-state index < -0.39 is 0 Å². The molecule has 7 heteroatoms. The zero-order valence-corrected chi connectivity index (χ0v) is 34.2. The second-order valence-corrected chi connectivity index (χ2v) is 16.4. The summed E-state index contributed by atoms with van der Waals surface area (Å²) in [6.45, 7) is 0. The van der Waals surface area contributed by atoms with Gasteiger partial charge in [-0.3, -0.25) is 4.57 Å². The van der Waals surface area contributed by atoms with Crippen molar-refractivity contribution in [1.82, 2.24) is 28.7 Å². The molecule has 0 saturated heterocycles. The molecule has 64 heavy (non-hydrogen) atoms. The average molecular weight is 819 g/mol. The number of para-hydroxylation sites is 6. The zero-order chi connectivity index (χ0) is 41.9. The fraction of sp³-hybridized carbons (Fsp3) is 0. The Morgan fingerprint density at radius 2 is 0.781 bits per heavy atom. The lowest BCUT2D eigenvalue weighted by atomic mass is 10.1. The average Bonchev–Trinajstić information content (AvgIpc) is 4.10. The van der Waals surface area contributed by atoms with Crippen molar-refractivity contribution in [1.29, 1.82) is 0 Å². The van der Waals surface area contributed by atoms with Crippen molar-refractivity contribution in [2.75, 3.05) is 0 Å². The second kappa shape index (κ2) is 13.3. The van der Waals surface area contributed by atoms with Gasteiger partial charge < -0.3 is 13.6 Å². The van der Waals surface area contributed by atoms with Crippen molar-refractivity contribution in [3.63, 3.8) is 0 Å². The minimum absolute atomic E-state index is 0.520. The summed E-state index contributed by atoms with van der Waals surface area (Å²) in [5, 5.41) is 9.10. The molecule has 298 valence electrons. The van der Waals surface area contributed by atoms with E-state index in [4.69, 9.17) is 19.4 Å². The van der Waals surface area contributed by atoms with Gasteiger partial charge in [-0.1, -0.05) is 146 Å². The summed E-state index contributed by atoms with van der Waals surface area (Å²) in [7, 11) is 0. The molecule has 0 aliphatic rings. The van der Waals surface area contributed by atoms with Crippen LogP contribution in [0.4, 0.5) is 0 Å². The summed E-state index contributed by atoms with van der Waals surface area (Å²) in [6.07, 6.45) is 0. The van der Waals surface area contributed by atoms with E-state index in [2.05, 4.69) is 184 Å². The molecule has 0 spiro atoms. The number of furan rings is 1. The molecule has 9 aromatic carbocycles. The van der Waals surface area contributed by atoms with Crippen LogP contribution in [0.25, 0.3) is 127 Å².